The van der Waals surface area contributed by atoms with E-state index in [1.165, 1.54) is 0 Å². The van der Waals surface area contributed by atoms with Crippen LogP contribution in [0, 0.1) is 0 Å². The molecule has 0 fully saturated rings. The molecule has 0 aliphatic carbocycles. The Balaban J connectivity index is 1.65. The van der Waals surface area contributed by atoms with Gasteiger partial charge in [0.25, 0.3) is 0 Å². The van der Waals surface area contributed by atoms with Gasteiger partial charge in [0.05, 0.1) is 18.5 Å². The number of nitrogens with zero attached hydrogens (tertiary/aromatic N) is 1. The maximum atomic E-state index is 5.37. The molecule has 1 aliphatic heterocycles. The first-order valence-corrected chi connectivity index (χ1v) is 7.72. The van der Waals surface area contributed by atoms with Gasteiger partial charge in [-0.3, -0.25) is 5.43 Å². The van der Waals surface area contributed by atoms with Crippen molar-refractivity contribution in [2.75, 3.05) is 19.2 Å². The minimum absolute atomic E-state index is 0.250. The maximum absolute atomic E-state index is 5.37. The summed E-state index contributed by atoms with van der Waals surface area (Å²) in [6, 6.07) is 13.2. The highest BCUT2D eigenvalue weighted by atomic mass is 32.1. The number of thiocarbonyl (C=S) groups is 1. The lowest BCUT2D eigenvalue weighted by Crippen LogP contribution is -2.25. The van der Waals surface area contributed by atoms with Gasteiger partial charge in [-0.1, -0.05) is 12.1 Å². The van der Waals surface area contributed by atoms with Crippen molar-refractivity contribution in [3.05, 3.63) is 48.0 Å². The number of methoxy groups -OCH3 is 1. The smallest absolute Gasteiger partial charge is 0.231 e. The number of anilines is 1. The van der Waals surface area contributed by atoms with Gasteiger partial charge in [-0.25, -0.2) is 0 Å². The average molecular weight is 343 g/mol. The molecule has 1 aliphatic rings. The summed E-state index contributed by atoms with van der Waals surface area (Å²) in [6.07, 6.45) is 0. The molecule has 1 heterocycles. The summed E-state index contributed by atoms with van der Waals surface area (Å²) >= 11 is 5.26. The van der Waals surface area contributed by atoms with E-state index < -0.39 is 0 Å². The highest BCUT2D eigenvalue weighted by Crippen LogP contribution is 2.32. The van der Waals surface area contributed by atoms with E-state index in [0.29, 0.717) is 10.9 Å². The molecule has 0 saturated heterocycles. The summed E-state index contributed by atoms with van der Waals surface area (Å²) in [4.78, 5) is 0. The molecule has 7 heteroatoms. The van der Waals surface area contributed by atoms with Crippen molar-refractivity contribution < 1.29 is 14.2 Å². The minimum Gasteiger partial charge on any atom is -0.495 e. The largest absolute Gasteiger partial charge is 0.495 e. The van der Waals surface area contributed by atoms with Crippen LogP contribution in [0.25, 0.3) is 0 Å². The Morgan fingerprint density at radius 1 is 1.17 bits per heavy atom. The highest BCUT2D eigenvalue weighted by Gasteiger charge is 2.14. The van der Waals surface area contributed by atoms with Crippen LogP contribution in [0.5, 0.6) is 17.2 Å². The summed E-state index contributed by atoms with van der Waals surface area (Å²) in [5, 5.41) is 7.73. The summed E-state index contributed by atoms with van der Waals surface area (Å²) < 4.78 is 15.9. The average Bonchev–Trinajstić information content (AvgIpc) is 3.07. The third-order valence-corrected chi connectivity index (χ3v) is 3.66. The van der Waals surface area contributed by atoms with Crippen LogP contribution in [0.15, 0.2) is 47.6 Å². The van der Waals surface area contributed by atoms with Gasteiger partial charge in [0.2, 0.25) is 6.79 Å². The van der Waals surface area contributed by atoms with E-state index in [0.717, 1.165) is 28.5 Å². The zero-order valence-electron chi connectivity index (χ0n) is 13.3. The minimum atomic E-state index is 0.250. The lowest BCUT2D eigenvalue weighted by atomic mass is 10.1. The predicted octanol–water partition coefficient (Wildman–Crippen LogP) is 3.13. The Bertz CT molecular complexity index is 792. The number of nitrogens with one attached hydrogen (secondary N) is 2. The molecule has 0 spiro atoms. The topological polar surface area (TPSA) is 64.1 Å². The number of rotatable bonds is 4. The number of hydrogen-bond donors (Lipinski definition) is 2. The fraction of sp³-hybridized carbons (Fsp3) is 0.176. The second kappa shape index (κ2) is 7.18. The molecule has 2 aromatic rings. The molecule has 0 radical (unpaired) electrons. The van der Waals surface area contributed by atoms with Crippen LogP contribution in [0.2, 0.25) is 0 Å². The number of hydrazone groups is 1. The van der Waals surface area contributed by atoms with Crippen molar-refractivity contribution in [3.8, 4) is 17.2 Å². The molecule has 0 atom stereocenters. The van der Waals surface area contributed by atoms with Gasteiger partial charge in [-0.15, -0.1) is 0 Å². The Labute approximate surface area is 145 Å². The van der Waals surface area contributed by atoms with Crippen molar-refractivity contribution in [1.82, 2.24) is 5.43 Å². The summed E-state index contributed by atoms with van der Waals surface area (Å²) in [5.41, 5.74) is 5.30. The van der Waals surface area contributed by atoms with Crippen LogP contribution < -0.4 is 25.0 Å². The number of para-hydroxylation sites is 2. The van der Waals surface area contributed by atoms with E-state index in [2.05, 4.69) is 15.8 Å². The molecular formula is C17H17N3O3S. The van der Waals surface area contributed by atoms with Crippen molar-refractivity contribution in [1.29, 1.82) is 0 Å². The Morgan fingerprint density at radius 2 is 1.96 bits per heavy atom. The number of hydrogen-bond acceptors (Lipinski definition) is 5. The van der Waals surface area contributed by atoms with Crippen LogP contribution in [0.3, 0.4) is 0 Å². The van der Waals surface area contributed by atoms with Gasteiger partial charge in [-0.05, 0) is 49.5 Å². The lowest BCUT2D eigenvalue weighted by molar-refractivity contribution is 0.174. The van der Waals surface area contributed by atoms with Gasteiger partial charge >= 0.3 is 0 Å². The van der Waals surface area contributed by atoms with Crippen LogP contribution >= 0.6 is 12.2 Å². The van der Waals surface area contributed by atoms with Crippen molar-refractivity contribution in [3.63, 3.8) is 0 Å². The number of benzene rings is 2. The molecule has 3 rings (SSSR count). The van der Waals surface area contributed by atoms with Gasteiger partial charge in [-0.2, -0.15) is 5.10 Å². The highest BCUT2D eigenvalue weighted by molar-refractivity contribution is 7.80. The molecule has 2 N–H and O–H groups in total. The molecule has 0 aromatic heterocycles. The van der Waals surface area contributed by atoms with Gasteiger partial charge in [0.1, 0.15) is 5.75 Å². The van der Waals surface area contributed by atoms with Crippen molar-refractivity contribution in [2.24, 2.45) is 5.10 Å². The second-order valence-corrected chi connectivity index (χ2v) is 5.44. The summed E-state index contributed by atoms with van der Waals surface area (Å²) in [7, 11) is 1.61. The predicted molar refractivity (Wildman–Crippen MR) is 97.1 cm³/mol. The second-order valence-electron chi connectivity index (χ2n) is 5.03. The molecule has 0 unspecified atom stereocenters. The lowest BCUT2D eigenvalue weighted by Gasteiger charge is -2.11. The standard InChI is InChI=1S/C17H17N3O3S/c1-11(12-7-8-15-16(9-12)23-10-22-15)19-20-17(24)18-13-5-3-4-6-14(13)21-2/h3-9H,10H2,1-2H3,(H2,18,20,24)/b19-11-. The molecule has 2 aromatic carbocycles. The fourth-order valence-electron chi connectivity index (χ4n) is 2.22. The molecule has 0 amide bonds. The third-order valence-electron chi connectivity index (χ3n) is 3.47. The fourth-order valence-corrected chi connectivity index (χ4v) is 2.37. The van der Waals surface area contributed by atoms with E-state index in [1.807, 2.05) is 49.4 Å². The Kier molecular flexibility index (Phi) is 4.81. The first-order chi connectivity index (χ1) is 11.7. The van der Waals surface area contributed by atoms with E-state index in [-0.39, 0.29) is 6.79 Å². The first-order valence-electron chi connectivity index (χ1n) is 7.31. The van der Waals surface area contributed by atoms with Crippen molar-refractivity contribution >= 4 is 28.7 Å². The number of fused-ring (bicyclic) bond motifs is 1. The van der Waals surface area contributed by atoms with Crippen molar-refractivity contribution in [2.45, 2.75) is 6.92 Å². The van der Waals surface area contributed by atoms with Crippen LogP contribution in [0.4, 0.5) is 5.69 Å². The quantitative estimate of drug-likeness (QED) is 0.505. The maximum Gasteiger partial charge on any atom is 0.231 e. The van der Waals surface area contributed by atoms with Gasteiger partial charge < -0.3 is 19.5 Å². The Morgan fingerprint density at radius 3 is 2.79 bits per heavy atom. The molecular weight excluding hydrogens is 326 g/mol. The molecule has 24 heavy (non-hydrogen) atoms. The van der Waals surface area contributed by atoms with Crippen LogP contribution in [-0.4, -0.2) is 24.7 Å². The van der Waals surface area contributed by atoms with Crippen LogP contribution in [0.1, 0.15) is 12.5 Å². The molecule has 0 saturated carbocycles. The van der Waals surface area contributed by atoms with Gasteiger partial charge in [0, 0.05) is 5.56 Å². The van der Waals surface area contributed by atoms with Crippen LogP contribution in [-0.2, 0) is 0 Å². The van der Waals surface area contributed by atoms with E-state index in [9.17, 15) is 0 Å². The monoisotopic (exact) mass is 343 g/mol. The number of ether oxygens (including phenoxy) is 3. The summed E-state index contributed by atoms with van der Waals surface area (Å²) in [5.74, 6) is 2.17. The molecule has 0 bridgehead atoms. The normalized spacial score (nSPS) is 12.7. The third kappa shape index (κ3) is 3.57. The van der Waals surface area contributed by atoms with E-state index in [1.54, 1.807) is 7.11 Å². The van der Waals surface area contributed by atoms with Gasteiger partial charge in [0.15, 0.2) is 16.6 Å². The van der Waals surface area contributed by atoms with E-state index >= 15 is 0 Å². The van der Waals surface area contributed by atoms with E-state index in [4.69, 9.17) is 26.4 Å². The SMILES string of the molecule is COc1ccccc1NC(=S)N/N=C(/C)c1ccc2c(c1)OCO2. The zero-order valence-corrected chi connectivity index (χ0v) is 14.1. The summed E-state index contributed by atoms with van der Waals surface area (Å²) in [6.45, 7) is 2.14. The first kappa shape index (κ1) is 16.1. The molecule has 6 nitrogen and oxygen atoms in total. The zero-order chi connectivity index (χ0) is 16.9. The Hall–Kier alpha value is -2.80. The molecule has 124 valence electrons.